The van der Waals surface area contributed by atoms with Gasteiger partial charge >= 0.3 is 0 Å². The van der Waals surface area contributed by atoms with Crippen LogP contribution in [0.5, 0.6) is 0 Å². The molecule has 21 heavy (non-hydrogen) atoms. The lowest BCUT2D eigenvalue weighted by atomic mass is 9.87. The Morgan fingerprint density at radius 3 is 2.62 bits per heavy atom. The van der Waals surface area contributed by atoms with Crippen LogP contribution in [0, 0.1) is 11.3 Å². The summed E-state index contributed by atoms with van der Waals surface area (Å²) in [5.74, 6) is 0.557. The van der Waals surface area contributed by atoms with Crippen molar-refractivity contribution in [3.63, 3.8) is 0 Å². The molecule has 0 aromatic heterocycles. The third-order valence-corrected chi connectivity index (χ3v) is 5.04. The Kier molecular flexibility index (Phi) is 5.62. The summed E-state index contributed by atoms with van der Waals surface area (Å²) in [6, 6.07) is 0. The standard InChI is InChI=1S/C16H29N3O2/c1-16(11-17)7-8-19(12-16)15(21)10-18-14(20)9-13-5-3-2-4-6-13/h13H,2-12,17H2,1H3,(H,18,20). The van der Waals surface area contributed by atoms with Gasteiger partial charge in [0.2, 0.25) is 11.8 Å². The van der Waals surface area contributed by atoms with Gasteiger partial charge in [-0.15, -0.1) is 0 Å². The van der Waals surface area contributed by atoms with E-state index in [0.29, 0.717) is 25.4 Å². The maximum Gasteiger partial charge on any atom is 0.241 e. The second-order valence-electron chi connectivity index (χ2n) is 7.06. The Labute approximate surface area is 127 Å². The summed E-state index contributed by atoms with van der Waals surface area (Å²) in [6.45, 7) is 4.31. The molecule has 1 heterocycles. The Hall–Kier alpha value is -1.10. The van der Waals surface area contributed by atoms with Gasteiger partial charge < -0.3 is 16.0 Å². The molecule has 2 fully saturated rings. The van der Waals surface area contributed by atoms with Crippen LogP contribution in [0.15, 0.2) is 0 Å². The zero-order valence-electron chi connectivity index (χ0n) is 13.2. The highest BCUT2D eigenvalue weighted by atomic mass is 16.2. The number of nitrogens with one attached hydrogen (secondary N) is 1. The van der Waals surface area contributed by atoms with Gasteiger partial charge in [-0.25, -0.2) is 0 Å². The van der Waals surface area contributed by atoms with E-state index in [1.165, 1.54) is 19.3 Å². The number of nitrogens with two attached hydrogens (primary N) is 1. The lowest BCUT2D eigenvalue weighted by Crippen LogP contribution is -2.41. The van der Waals surface area contributed by atoms with Crippen LogP contribution in [0.2, 0.25) is 0 Å². The molecular weight excluding hydrogens is 266 g/mol. The van der Waals surface area contributed by atoms with Crippen molar-refractivity contribution in [2.75, 3.05) is 26.2 Å². The number of nitrogens with zero attached hydrogens (tertiary/aromatic N) is 1. The fourth-order valence-corrected chi connectivity index (χ4v) is 3.41. The van der Waals surface area contributed by atoms with Gasteiger partial charge in [-0.05, 0) is 37.1 Å². The minimum atomic E-state index is 0.0177. The third kappa shape index (κ3) is 4.70. The zero-order valence-corrected chi connectivity index (χ0v) is 13.2. The lowest BCUT2D eigenvalue weighted by molar-refractivity contribution is -0.132. The molecule has 0 spiro atoms. The van der Waals surface area contributed by atoms with E-state index in [0.717, 1.165) is 25.8 Å². The van der Waals surface area contributed by atoms with Crippen molar-refractivity contribution in [3.05, 3.63) is 0 Å². The molecule has 1 saturated carbocycles. The summed E-state index contributed by atoms with van der Waals surface area (Å²) in [4.78, 5) is 25.9. The molecule has 0 bridgehead atoms. The number of likely N-dealkylation sites (tertiary alicyclic amines) is 1. The van der Waals surface area contributed by atoms with E-state index in [-0.39, 0.29) is 23.8 Å². The van der Waals surface area contributed by atoms with E-state index >= 15 is 0 Å². The van der Waals surface area contributed by atoms with Crippen LogP contribution >= 0.6 is 0 Å². The van der Waals surface area contributed by atoms with Crippen LogP contribution in [-0.4, -0.2) is 42.9 Å². The van der Waals surface area contributed by atoms with E-state index < -0.39 is 0 Å². The van der Waals surface area contributed by atoms with Crippen molar-refractivity contribution in [2.45, 2.75) is 51.9 Å². The van der Waals surface area contributed by atoms with Gasteiger partial charge in [0.1, 0.15) is 0 Å². The van der Waals surface area contributed by atoms with E-state index in [2.05, 4.69) is 12.2 Å². The molecule has 0 radical (unpaired) electrons. The topological polar surface area (TPSA) is 75.4 Å². The first kappa shape index (κ1) is 16.3. The van der Waals surface area contributed by atoms with Gasteiger partial charge in [0.25, 0.3) is 0 Å². The molecule has 1 saturated heterocycles. The van der Waals surface area contributed by atoms with Crippen molar-refractivity contribution >= 4 is 11.8 Å². The third-order valence-electron chi connectivity index (χ3n) is 5.04. The maximum atomic E-state index is 12.1. The molecule has 1 aliphatic heterocycles. The predicted molar refractivity (Wildman–Crippen MR) is 82.6 cm³/mol. The van der Waals surface area contributed by atoms with Crippen LogP contribution in [-0.2, 0) is 9.59 Å². The average Bonchev–Trinajstić information content (AvgIpc) is 2.89. The first-order chi connectivity index (χ1) is 10.0. The summed E-state index contributed by atoms with van der Waals surface area (Å²) < 4.78 is 0. The molecular formula is C16H29N3O2. The molecule has 1 aliphatic carbocycles. The monoisotopic (exact) mass is 295 g/mol. The number of rotatable bonds is 5. The Bertz CT molecular complexity index is 380. The molecule has 2 aliphatic rings. The van der Waals surface area contributed by atoms with Crippen LogP contribution < -0.4 is 11.1 Å². The van der Waals surface area contributed by atoms with Crippen LogP contribution in [0.25, 0.3) is 0 Å². The number of carbonyl (C=O) groups excluding carboxylic acids is 2. The highest BCUT2D eigenvalue weighted by Crippen LogP contribution is 2.28. The second-order valence-corrected chi connectivity index (χ2v) is 7.06. The van der Waals surface area contributed by atoms with Crippen molar-refractivity contribution in [3.8, 4) is 0 Å². The van der Waals surface area contributed by atoms with Crippen molar-refractivity contribution < 1.29 is 9.59 Å². The number of amides is 2. The van der Waals surface area contributed by atoms with E-state index in [9.17, 15) is 9.59 Å². The Morgan fingerprint density at radius 1 is 1.29 bits per heavy atom. The molecule has 0 aromatic carbocycles. The fraction of sp³-hybridized carbons (Fsp3) is 0.875. The summed E-state index contributed by atoms with van der Waals surface area (Å²) in [6.07, 6.45) is 7.61. The van der Waals surface area contributed by atoms with Crippen molar-refractivity contribution in [2.24, 2.45) is 17.1 Å². The zero-order chi connectivity index (χ0) is 15.3. The molecule has 1 unspecified atom stereocenters. The Morgan fingerprint density at radius 2 is 2.00 bits per heavy atom. The summed E-state index contributed by atoms with van der Waals surface area (Å²) in [5, 5.41) is 2.79. The van der Waals surface area contributed by atoms with E-state index in [1.54, 1.807) is 0 Å². The average molecular weight is 295 g/mol. The molecule has 0 aromatic rings. The minimum absolute atomic E-state index is 0.0177. The largest absolute Gasteiger partial charge is 0.347 e. The van der Waals surface area contributed by atoms with Gasteiger partial charge in [-0.1, -0.05) is 26.2 Å². The van der Waals surface area contributed by atoms with Crippen molar-refractivity contribution in [1.82, 2.24) is 10.2 Å². The van der Waals surface area contributed by atoms with Crippen LogP contribution in [0.4, 0.5) is 0 Å². The second kappa shape index (κ2) is 7.25. The van der Waals surface area contributed by atoms with Crippen LogP contribution in [0.3, 0.4) is 0 Å². The summed E-state index contributed by atoms with van der Waals surface area (Å²) in [5.41, 5.74) is 5.79. The molecule has 5 heteroatoms. The van der Waals surface area contributed by atoms with E-state index in [4.69, 9.17) is 5.73 Å². The lowest BCUT2D eigenvalue weighted by Gasteiger charge is -2.23. The molecule has 2 rings (SSSR count). The van der Waals surface area contributed by atoms with Gasteiger partial charge in [0.05, 0.1) is 6.54 Å². The molecule has 3 N–H and O–H groups in total. The maximum absolute atomic E-state index is 12.1. The molecule has 120 valence electrons. The highest BCUT2D eigenvalue weighted by Gasteiger charge is 2.34. The molecule has 5 nitrogen and oxygen atoms in total. The molecule has 1 atom stereocenters. The minimum Gasteiger partial charge on any atom is -0.347 e. The van der Waals surface area contributed by atoms with Gasteiger partial charge in [-0.2, -0.15) is 0 Å². The number of carbonyl (C=O) groups is 2. The first-order valence-corrected chi connectivity index (χ1v) is 8.27. The quantitative estimate of drug-likeness (QED) is 0.802. The first-order valence-electron chi connectivity index (χ1n) is 8.27. The molecule has 2 amide bonds. The van der Waals surface area contributed by atoms with Gasteiger partial charge in [0.15, 0.2) is 0 Å². The summed E-state index contributed by atoms with van der Waals surface area (Å²) >= 11 is 0. The smallest absolute Gasteiger partial charge is 0.241 e. The van der Waals surface area contributed by atoms with E-state index in [1.807, 2.05) is 4.90 Å². The fourth-order valence-electron chi connectivity index (χ4n) is 3.41. The van der Waals surface area contributed by atoms with Gasteiger partial charge in [-0.3, -0.25) is 9.59 Å². The van der Waals surface area contributed by atoms with Crippen molar-refractivity contribution in [1.29, 1.82) is 0 Å². The number of hydrogen-bond acceptors (Lipinski definition) is 3. The SMILES string of the molecule is CC1(CN)CCN(C(=O)CNC(=O)CC2CCCCC2)C1. The van der Waals surface area contributed by atoms with Gasteiger partial charge in [0, 0.05) is 19.5 Å². The highest BCUT2D eigenvalue weighted by molar-refractivity contribution is 5.85. The predicted octanol–water partition coefficient (Wildman–Crippen LogP) is 1.27. The summed E-state index contributed by atoms with van der Waals surface area (Å²) in [7, 11) is 0. The van der Waals surface area contributed by atoms with Crippen LogP contribution in [0.1, 0.15) is 51.9 Å². The normalized spacial score (nSPS) is 26.9. The number of hydrogen-bond donors (Lipinski definition) is 2. The Balaban J connectivity index is 1.68.